The smallest absolute Gasteiger partial charge is 0.143 e. The zero-order valence-electron chi connectivity index (χ0n) is 9.86. The van der Waals surface area contributed by atoms with Crippen LogP contribution in [0, 0.1) is 11.7 Å². The van der Waals surface area contributed by atoms with Crippen LogP contribution in [0.3, 0.4) is 0 Å². The zero-order valence-corrected chi connectivity index (χ0v) is 11.5. The molecule has 0 aliphatic carbocycles. The second kappa shape index (κ2) is 4.74. The van der Waals surface area contributed by atoms with Gasteiger partial charge in [-0.3, -0.25) is 4.79 Å². The van der Waals surface area contributed by atoms with E-state index >= 15 is 0 Å². The Hall–Kier alpha value is -0.740. The normalized spacial score (nSPS) is 29.8. The second-order valence-corrected chi connectivity index (χ2v) is 5.95. The predicted molar refractivity (Wildman–Crippen MR) is 68.8 cm³/mol. The lowest BCUT2D eigenvalue weighted by Gasteiger charge is -2.17. The van der Waals surface area contributed by atoms with E-state index < -0.39 is 0 Å². The SMILES string of the molecule is O=C(Cc1cc(F)ccc1Br)C1CC2CCC1O2. The summed E-state index contributed by atoms with van der Waals surface area (Å²) in [4.78, 5) is 12.2. The highest BCUT2D eigenvalue weighted by Gasteiger charge is 2.43. The summed E-state index contributed by atoms with van der Waals surface area (Å²) in [6.07, 6.45) is 3.59. The summed E-state index contributed by atoms with van der Waals surface area (Å²) < 4.78 is 19.7. The Kier molecular flexibility index (Phi) is 3.24. The van der Waals surface area contributed by atoms with Crippen molar-refractivity contribution in [2.45, 2.75) is 37.9 Å². The van der Waals surface area contributed by atoms with Gasteiger partial charge in [0.2, 0.25) is 0 Å². The fourth-order valence-corrected chi connectivity index (χ4v) is 3.36. The van der Waals surface area contributed by atoms with Crippen molar-refractivity contribution >= 4 is 21.7 Å². The van der Waals surface area contributed by atoms with Crippen LogP contribution in [0.2, 0.25) is 0 Å². The van der Waals surface area contributed by atoms with Crippen LogP contribution in [0.1, 0.15) is 24.8 Å². The molecule has 18 heavy (non-hydrogen) atoms. The molecule has 2 nitrogen and oxygen atoms in total. The standard InChI is InChI=1S/C14H14BrFO2/c15-12-3-1-9(16)5-8(12)6-13(17)11-7-10-2-4-14(11)18-10/h1,3,5,10-11,14H,2,4,6-7H2. The minimum Gasteiger partial charge on any atom is -0.374 e. The highest BCUT2D eigenvalue weighted by atomic mass is 79.9. The van der Waals surface area contributed by atoms with Crippen LogP contribution in [-0.4, -0.2) is 18.0 Å². The number of carbonyl (C=O) groups is 1. The van der Waals surface area contributed by atoms with Crippen molar-refractivity contribution in [3.63, 3.8) is 0 Å². The molecule has 0 aromatic heterocycles. The molecule has 0 N–H and O–H groups in total. The van der Waals surface area contributed by atoms with Gasteiger partial charge >= 0.3 is 0 Å². The van der Waals surface area contributed by atoms with Gasteiger partial charge in [0.15, 0.2) is 0 Å². The molecule has 2 heterocycles. The van der Waals surface area contributed by atoms with Crippen molar-refractivity contribution in [2.75, 3.05) is 0 Å². The van der Waals surface area contributed by atoms with Crippen LogP contribution in [0.25, 0.3) is 0 Å². The Morgan fingerprint density at radius 1 is 1.44 bits per heavy atom. The third-order valence-electron chi connectivity index (χ3n) is 3.89. The molecule has 0 spiro atoms. The van der Waals surface area contributed by atoms with Crippen LogP contribution in [0.4, 0.5) is 4.39 Å². The molecule has 2 bridgehead atoms. The number of Topliss-reactive ketones (excluding diaryl/α,β-unsaturated/α-hetero) is 1. The summed E-state index contributed by atoms with van der Waals surface area (Å²) in [6.45, 7) is 0. The van der Waals surface area contributed by atoms with Gasteiger partial charge in [-0.05, 0) is 43.0 Å². The summed E-state index contributed by atoms with van der Waals surface area (Å²) >= 11 is 3.36. The van der Waals surface area contributed by atoms with Crippen molar-refractivity contribution in [3.8, 4) is 0 Å². The van der Waals surface area contributed by atoms with Crippen LogP contribution in [-0.2, 0) is 16.0 Å². The van der Waals surface area contributed by atoms with Crippen molar-refractivity contribution in [3.05, 3.63) is 34.1 Å². The number of ketones is 1. The molecule has 96 valence electrons. The molecule has 1 aromatic carbocycles. The largest absolute Gasteiger partial charge is 0.374 e. The van der Waals surface area contributed by atoms with Crippen molar-refractivity contribution < 1.29 is 13.9 Å². The molecule has 0 amide bonds. The number of ether oxygens (including phenoxy) is 1. The second-order valence-electron chi connectivity index (χ2n) is 5.09. The third-order valence-corrected chi connectivity index (χ3v) is 4.67. The zero-order chi connectivity index (χ0) is 12.7. The molecule has 4 heteroatoms. The lowest BCUT2D eigenvalue weighted by molar-refractivity contribution is -0.123. The molecule has 0 saturated carbocycles. The van der Waals surface area contributed by atoms with E-state index in [4.69, 9.17) is 4.74 Å². The molecule has 3 unspecified atom stereocenters. The van der Waals surface area contributed by atoms with E-state index in [-0.39, 0.29) is 36.1 Å². The highest BCUT2D eigenvalue weighted by Crippen LogP contribution is 2.39. The van der Waals surface area contributed by atoms with Crippen LogP contribution in [0.15, 0.2) is 22.7 Å². The Balaban J connectivity index is 1.72. The number of benzene rings is 1. The molecule has 0 radical (unpaired) electrons. The first kappa shape index (κ1) is 12.3. The first-order valence-electron chi connectivity index (χ1n) is 6.25. The van der Waals surface area contributed by atoms with Crippen LogP contribution >= 0.6 is 15.9 Å². The molecule has 2 fully saturated rings. The Labute approximate surface area is 114 Å². The summed E-state index contributed by atoms with van der Waals surface area (Å²) in [5.41, 5.74) is 0.725. The molecular weight excluding hydrogens is 299 g/mol. The quantitative estimate of drug-likeness (QED) is 0.856. The molecule has 2 saturated heterocycles. The van der Waals surface area contributed by atoms with Gasteiger partial charge in [0.25, 0.3) is 0 Å². The van der Waals surface area contributed by atoms with E-state index in [1.807, 2.05) is 0 Å². The van der Waals surface area contributed by atoms with Gasteiger partial charge in [-0.15, -0.1) is 0 Å². The van der Waals surface area contributed by atoms with E-state index in [0.717, 1.165) is 29.3 Å². The number of hydrogen-bond acceptors (Lipinski definition) is 2. The maximum absolute atomic E-state index is 13.2. The van der Waals surface area contributed by atoms with Gasteiger partial charge in [0.05, 0.1) is 12.2 Å². The Bertz CT molecular complexity index is 489. The van der Waals surface area contributed by atoms with E-state index in [2.05, 4.69) is 15.9 Å². The monoisotopic (exact) mass is 312 g/mol. The summed E-state index contributed by atoms with van der Waals surface area (Å²) in [5.74, 6) is -0.113. The first-order valence-corrected chi connectivity index (χ1v) is 7.05. The first-order chi connectivity index (χ1) is 8.63. The number of hydrogen-bond donors (Lipinski definition) is 0. The number of fused-ring (bicyclic) bond motifs is 2. The Morgan fingerprint density at radius 2 is 2.28 bits per heavy atom. The number of rotatable bonds is 3. The fourth-order valence-electron chi connectivity index (χ4n) is 2.97. The van der Waals surface area contributed by atoms with Crippen LogP contribution < -0.4 is 0 Å². The molecular formula is C14H14BrFO2. The van der Waals surface area contributed by atoms with E-state index in [0.29, 0.717) is 0 Å². The number of carbonyl (C=O) groups excluding carboxylic acids is 1. The summed E-state index contributed by atoms with van der Waals surface area (Å²) in [6, 6.07) is 4.46. The van der Waals surface area contributed by atoms with Gasteiger partial charge in [0.1, 0.15) is 11.6 Å². The van der Waals surface area contributed by atoms with E-state index in [9.17, 15) is 9.18 Å². The van der Waals surface area contributed by atoms with Gasteiger partial charge in [-0.2, -0.15) is 0 Å². The average Bonchev–Trinajstić information content (AvgIpc) is 2.96. The van der Waals surface area contributed by atoms with Gasteiger partial charge in [-0.1, -0.05) is 15.9 Å². The topological polar surface area (TPSA) is 26.3 Å². The van der Waals surface area contributed by atoms with Crippen molar-refractivity contribution in [1.29, 1.82) is 0 Å². The van der Waals surface area contributed by atoms with E-state index in [1.165, 1.54) is 12.1 Å². The maximum Gasteiger partial charge on any atom is 0.143 e. The fraction of sp³-hybridized carbons (Fsp3) is 0.500. The summed E-state index contributed by atoms with van der Waals surface area (Å²) in [7, 11) is 0. The predicted octanol–water partition coefficient (Wildman–Crippen LogP) is 3.27. The molecule has 2 aliphatic heterocycles. The average molecular weight is 313 g/mol. The minimum atomic E-state index is -0.301. The van der Waals surface area contributed by atoms with Crippen molar-refractivity contribution in [2.24, 2.45) is 5.92 Å². The molecule has 1 aromatic rings. The molecule has 3 atom stereocenters. The Morgan fingerprint density at radius 3 is 2.94 bits per heavy atom. The molecule has 3 rings (SSSR count). The molecule has 2 aliphatic rings. The van der Waals surface area contributed by atoms with Crippen molar-refractivity contribution in [1.82, 2.24) is 0 Å². The highest BCUT2D eigenvalue weighted by molar-refractivity contribution is 9.10. The summed E-state index contributed by atoms with van der Waals surface area (Å²) in [5, 5.41) is 0. The van der Waals surface area contributed by atoms with Crippen LogP contribution in [0.5, 0.6) is 0 Å². The number of halogens is 2. The lowest BCUT2D eigenvalue weighted by atomic mass is 9.84. The van der Waals surface area contributed by atoms with Gasteiger partial charge < -0.3 is 4.74 Å². The van der Waals surface area contributed by atoms with Gasteiger partial charge in [0, 0.05) is 16.8 Å². The maximum atomic E-state index is 13.2. The van der Waals surface area contributed by atoms with Gasteiger partial charge in [-0.25, -0.2) is 4.39 Å². The van der Waals surface area contributed by atoms with E-state index in [1.54, 1.807) is 6.07 Å². The third kappa shape index (κ3) is 2.24. The minimum absolute atomic E-state index is 0.0129. The lowest BCUT2D eigenvalue weighted by Crippen LogP contribution is -2.26.